The molecular weight excluding hydrogens is 358 g/mol. The number of amides is 1. The maximum Gasteiger partial charge on any atom is 0.267 e. The summed E-state index contributed by atoms with van der Waals surface area (Å²) in [6.07, 6.45) is 4.47. The monoisotopic (exact) mass is 379 g/mol. The van der Waals surface area contributed by atoms with Gasteiger partial charge in [-0.2, -0.15) is 5.10 Å². The molecule has 0 aliphatic heterocycles. The zero-order chi connectivity index (χ0) is 19.5. The van der Waals surface area contributed by atoms with Gasteiger partial charge in [-0.15, -0.1) is 0 Å². The first-order chi connectivity index (χ1) is 13.6. The van der Waals surface area contributed by atoms with Crippen LogP contribution < -0.4 is 16.4 Å². The molecule has 1 N–H and O–H groups in total. The minimum absolute atomic E-state index is 0.135. The summed E-state index contributed by atoms with van der Waals surface area (Å²) in [7, 11) is 0. The molecule has 0 saturated carbocycles. The number of aryl methyl sites for hydroxylation is 3. The van der Waals surface area contributed by atoms with E-state index in [9.17, 15) is 14.4 Å². The Hall–Kier alpha value is -3.29. The molecule has 0 unspecified atom stereocenters. The molecule has 0 spiro atoms. The zero-order valence-corrected chi connectivity index (χ0v) is 15.4. The number of fused-ring (bicyclic) bond motifs is 2. The van der Waals surface area contributed by atoms with E-state index in [-0.39, 0.29) is 30.0 Å². The highest BCUT2D eigenvalue weighted by molar-refractivity contribution is 5.77. The average molecular weight is 379 g/mol. The third-order valence-electron chi connectivity index (χ3n) is 4.98. The molecule has 2 heterocycles. The van der Waals surface area contributed by atoms with Crippen molar-refractivity contribution in [1.82, 2.24) is 24.6 Å². The molecule has 28 heavy (non-hydrogen) atoms. The number of hydrogen-bond acceptors (Lipinski definition) is 5. The van der Waals surface area contributed by atoms with Gasteiger partial charge in [0.1, 0.15) is 0 Å². The molecule has 0 fully saturated rings. The van der Waals surface area contributed by atoms with Crippen molar-refractivity contribution >= 4 is 16.8 Å². The SMILES string of the molecule is O=C(CCn1cnc2ccccc2c1=O)NCCn1nc2c(cc1=O)CCC2. The van der Waals surface area contributed by atoms with Crippen molar-refractivity contribution in [3.63, 3.8) is 0 Å². The lowest BCUT2D eigenvalue weighted by atomic mass is 10.2. The number of carbonyl (C=O) groups is 1. The van der Waals surface area contributed by atoms with Gasteiger partial charge in [-0.25, -0.2) is 9.67 Å². The predicted octanol–water partition coefficient (Wildman–Crippen LogP) is 0.648. The van der Waals surface area contributed by atoms with E-state index >= 15 is 0 Å². The summed E-state index contributed by atoms with van der Waals surface area (Å²) < 4.78 is 2.84. The molecule has 8 nitrogen and oxygen atoms in total. The highest BCUT2D eigenvalue weighted by Gasteiger charge is 2.14. The maximum atomic E-state index is 12.4. The van der Waals surface area contributed by atoms with Gasteiger partial charge < -0.3 is 5.32 Å². The molecule has 2 aromatic heterocycles. The molecule has 0 radical (unpaired) electrons. The van der Waals surface area contributed by atoms with Gasteiger partial charge in [-0.05, 0) is 37.0 Å². The van der Waals surface area contributed by atoms with Gasteiger partial charge in [0.15, 0.2) is 0 Å². The summed E-state index contributed by atoms with van der Waals surface area (Å²) in [4.78, 5) is 40.8. The first kappa shape index (κ1) is 18.1. The van der Waals surface area contributed by atoms with Gasteiger partial charge in [0, 0.05) is 25.6 Å². The van der Waals surface area contributed by atoms with Crippen LogP contribution in [0.5, 0.6) is 0 Å². The van der Waals surface area contributed by atoms with E-state index in [2.05, 4.69) is 15.4 Å². The van der Waals surface area contributed by atoms with Crippen LogP contribution in [0, 0.1) is 0 Å². The fourth-order valence-corrected chi connectivity index (χ4v) is 3.48. The van der Waals surface area contributed by atoms with Gasteiger partial charge in [0.2, 0.25) is 5.91 Å². The molecule has 144 valence electrons. The van der Waals surface area contributed by atoms with Crippen molar-refractivity contribution in [1.29, 1.82) is 0 Å². The van der Waals surface area contributed by atoms with Gasteiger partial charge in [0.25, 0.3) is 11.1 Å². The number of hydrogen-bond donors (Lipinski definition) is 1. The highest BCUT2D eigenvalue weighted by Crippen LogP contribution is 2.16. The Labute approximate surface area is 160 Å². The molecule has 0 saturated heterocycles. The Morgan fingerprint density at radius 1 is 1.14 bits per heavy atom. The number of benzene rings is 1. The van der Waals surface area contributed by atoms with Crippen LogP contribution >= 0.6 is 0 Å². The van der Waals surface area contributed by atoms with Crippen molar-refractivity contribution in [2.24, 2.45) is 0 Å². The molecule has 1 aromatic carbocycles. The van der Waals surface area contributed by atoms with E-state index in [4.69, 9.17) is 0 Å². The van der Waals surface area contributed by atoms with Crippen LogP contribution in [0.25, 0.3) is 10.9 Å². The number of nitrogens with zero attached hydrogens (tertiary/aromatic N) is 4. The van der Waals surface area contributed by atoms with E-state index in [1.165, 1.54) is 15.6 Å². The summed E-state index contributed by atoms with van der Waals surface area (Å²) >= 11 is 0. The Morgan fingerprint density at radius 2 is 2.00 bits per heavy atom. The molecule has 1 aliphatic carbocycles. The van der Waals surface area contributed by atoms with E-state index < -0.39 is 0 Å². The lowest BCUT2D eigenvalue weighted by Gasteiger charge is -2.09. The lowest BCUT2D eigenvalue weighted by Crippen LogP contribution is -2.33. The molecule has 0 bridgehead atoms. The topological polar surface area (TPSA) is 98.9 Å². The van der Waals surface area contributed by atoms with Gasteiger partial charge in [-0.1, -0.05) is 12.1 Å². The predicted molar refractivity (Wildman–Crippen MR) is 104 cm³/mol. The average Bonchev–Trinajstić information content (AvgIpc) is 3.15. The van der Waals surface area contributed by atoms with Crippen LogP contribution in [0.3, 0.4) is 0 Å². The van der Waals surface area contributed by atoms with Crippen molar-refractivity contribution in [3.8, 4) is 0 Å². The molecular formula is C20H21N5O3. The van der Waals surface area contributed by atoms with E-state index in [1.54, 1.807) is 24.3 Å². The number of para-hydroxylation sites is 1. The van der Waals surface area contributed by atoms with Crippen LogP contribution in [0.15, 0.2) is 46.2 Å². The molecule has 3 aromatic rings. The zero-order valence-electron chi connectivity index (χ0n) is 15.4. The van der Waals surface area contributed by atoms with Crippen molar-refractivity contribution < 1.29 is 4.79 Å². The summed E-state index contributed by atoms with van der Waals surface area (Å²) in [6.45, 7) is 0.893. The molecule has 1 aliphatic rings. The fraction of sp³-hybridized carbons (Fsp3) is 0.350. The smallest absolute Gasteiger partial charge is 0.267 e. The maximum absolute atomic E-state index is 12.4. The second-order valence-electron chi connectivity index (χ2n) is 6.89. The van der Waals surface area contributed by atoms with Gasteiger partial charge in [-0.3, -0.25) is 19.0 Å². The number of nitrogens with one attached hydrogen (secondary N) is 1. The van der Waals surface area contributed by atoms with E-state index in [0.29, 0.717) is 24.0 Å². The number of rotatable bonds is 6. The summed E-state index contributed by atoms with van der Waals surface area (Å²) in [6, 6.07) is 8.77. The molecule has 8 heteroatoms. The fourth-order valence-electron chi connectivity index (χ4n) is 3.48. The molecule has 1 amide bonds. The Kier molecular flexibility index (Phi) is 5.01. The van der Waals surface area contributed by atoms with Crippen LogP contribution in [0.2, 0.25) is 0 Å². The second kappa shape index (κ2) is 7.75. The Bertz CT molecular complexity index is 1150. The lowest BCUT2D eigenvalue weighted by molar-refractivity contribution is -0.121. The third kappa shape index (κ3) is 3.71. The van der Waals surface area contributed by atoms with E-state index in [0.717, 1.165) is 30.5 Å². The summed E-state index contributed by atoms with van der Waals surface area (Å²) in [5.74, 6) is -0.186. The first-order valence-corrected chi connectivity index (χ1v) is 9.42. The molecule has 0 atom stereocenters. The van der Waals surface area contributed by atoms with E-state index in [1.807, 2.05) is 6.07 Å². The standard InChI is InChI=1S/C20H21N5O3/c26-18(8-10-24-13-22-17-6-2-1-5-15(17)20(24)28)21-9-11-25-19(27)12-14-4-3-7-16(14)23-25/h1-2,5-6,12-13H,3-4,7-11H2,(H,21,26). The Morgan fingerprint density at radius 3 is 2.89 bits per heavy atom. The van der Waals surface area contributed by atoms with Crippen LogP contribution in [0.1, 0.15) is 24.1 Å². The number of aromatic nitrogens is 4. The van der Waals surface area contributed by atoms with Gasteiger partial charge in [0.05, 0.1) is 29.5 Å². The Balaban J connectivity index is 1.32. The first-order valence-electron chi connectivity index (χ1n) is 9.42. The minimum atomic E-state index is -0.186. The van der Waals surface area contributed by atoms with Crippen molar-refractivity contribution in [2.45, 2.75) is 38.8 Å². The highest BCUT2D eigenvalue weighted by atomic mass is 16.2. The van der Waals surface area contributed by atoms with Gasteiger partial charge >= 0.3 is 0 Å². The second-order valence-corrected chi connectivity index (χ2v) is 6.89. The summed E-state index contributed by atoms with van der Waals surface area (Å²) in [5.41, 5.74) is 2.37. The van der Waals surface area contributed by atoms with Crippen LogP contribution in [-0.2, 0) is 30.7 Å². The van der Waals surface area contributed by atoms with Crippen LogP contribution in [0.4, 0.5) is 0 Å². The van der Waals surface area contributed by atoms with Crippen LogP contribution in [-0.4, -0.2) is 31.8 Å². The number of carbonyl (C=O) groups excluding carboxylic acids is 1. The normalized spacial score (nSPS) is 12.9. The summed E-state index contributed by atoms with van der Waals surface area (Å²) in [5, 5.41) is 7.70. The third-order valence-corrected chi connectivity index (χ3v) is 4.98. The minimum Gasteiger partial charge on any atom is -0.354 e. The van der Waals surface area contributed by atoms with Crippen molar-refractivity contribution in [3.05, 3.63) is 68.6 Å². The quantitative estimate of drug-likeness (QED) is 0.678. The largest absolute Gasteiger partial charge is 0.354 e. The van der Waals surface area contributed by atoms with Crippen molar-refractivity contribution in [2.75, 3.05) is 6.54 Å². The molecule has 4 rings (SSSR count).